The minimum absolute atomic E-state index is 0.177. The molecule has 0 spiro atoms. The number of aromatic nitrogens is 5. The molecule has 0 aromatic carbocycles. The van der Waals surface area contributed by atoms with Crippen LogP contribution in [0.2, 0.25) is 0 Å². The second-order valence-electron chi connectivity index (χ2n) is 7.75. The predicted molar refractivity (Wildman–Crippen MR) is 111 cm³/mol. The maximum atomic E-state index is 10.4. The number of aliphatic hydroxyl groups is 1. The number of nitrogens with zero attached hydrogens (tertiary/aromatic N) is 5. The molecule has 0 amide bonds. The van der Waals surface area contributed by atoms with Gasteiger partial charge in [0.2, 0.25) is 5.95 Å². The van der Waals surface area contributed by atoms with E-state index in [4.69, 9.17) is 0 Å². The summed E-state index contributed by atoms with van der Waals surface area (Å²) in [6.07, 6.45) is 4.29. The molecule has 8 heteroatoms. The summed E-state index contributed by atoms with van der Waals surface area (Å²) in [6.45, 7) is 10.3. The smallest absolute Gasteiger partial charge is 0.227 e. The lowest BCUT2D eigenvalue weighted by Crippen LogP contribution is -2.41. The van der Waals surface area contributed by atoms with E-state index < -0.39 is 5.60 Å². The predicted octanol–water partition coefficient (Wildman–Crippen LogP) is 3.38. The number of rotatable bonds is 8. The lowest BCUT2D eigenvalue weighted by Gasteiger charge is -2.29. The molecule has 3 heterocycles. The van der Waals surface area contributed by atoms with Gasteiger partial charge in [-0.3, -0.25) is 4.98 Å². The maximum absolute atomic E-state index is 10.4. The first-order valence-corrected chi connectivity index (χ1v) is 9.66. The molecule has 3 aromatic heterocycles. The number of anilines is 2. The van der Waals surface area contributed by atoms with Gasteiger partial charge in [0.1, 0.15) is 0 Å². The molecule has 3 N–H and O–H groups in total. The van der Waals surface area contributed by atoms with Gasteiger partial charge in [-0.2, -0.15) is 9.97 Å². The molecule has 3 rings (SSSR count). The standard InChI is InChI=1S/C20H29N7O/c1-6-15(20(4,5)28)24-19-25-17(22-11-14-9-7-8-10-21-14)16-18(26-19)27(12-23-16)13(2)3/h7-10,12-13,15,28H,6,11H2,1-5H3,(H2,22,24,25,26)/t15-/m1/s1. The Bertz CT molecular complexity index is 915. The molecule has 0 fully saturated rings. The number of hydrogen-bond donors (Lipinski definition) is 3. The molecule has 0 unspecified atom stereocenters. The van der Waals surface area contributed by atoms with Gasteiger partial charge >= 0.3 is 0 Å². The third-order valence-electron chi connectivity index (χ3n) is 4.71. The van der Waals surface area contributed by atoms with E-state index in [9.17, 15) is 5.11 Å². The van der Waals surface area contributed by atoms with Gasteiger partial charge in [0, 0.05) is 12.2 Å². The quantitative estimate of drug-likeness (QED) is 0.548. The summed E-state index contributed by atoms with van der Waals surface area (Å²) in [7, 11) is 0. The molecular weight excluding hydrogens is 354 g/mol. The van der Waals surface area contributed by atoms with Crippen LogP contribution >= 0.6 is 0 Å². The Morgan fingerprint density at radius 2 is 1.96 bits per heavy atom. The highest BCUT2D eigenvalue weighted by Gasteiger charge is 2.26. The van der Waals surface area contributed by atoms with Crippen LogP contribution in [0.5, 0.6) is 0 Å². The van der Waals surface area contributed by atoms with Gasteiger partial charge < -0.3 is 20.3 Å². The van der Waals surface area contributed by atoms with Gasteiger partial charge in [0.25, 0.3) is 0 Å². The first-order chi connectivity index (χ1) is 13.3. The molecule has 0 radical (unpaired) electrons. The number of pyridine rings is 1. The summed E-state index contributed by atoms with van der Waals surface area (Å²) in [4.78, 5) is 18.2. The van der Waals surface area contributed by atoms with Crippen molar-refractivity contribution in [2.75, 3.05) is 10.6 Å². The topological polar surface area (TPSA) is 101 Å². The summed E-state index contributed by atoms with van der Waals surface area (Å²) >= 11 is 0. The Labute approximate surface area is 165 Å². The van der Waals surface area contributed by atoms with Crippen molar-refractivity contribution in [3.05, 3.63) is 36.4 Å². The van der Waals surface area contributed by atoms with Crippen LogP contribution in [-0.2, 0) is 6.54 Å². The zero-order valence-electron chi connectivity index (χ0n) is 17.1. The largest absolute Gasteiger partial charge is 0.388 e. The van der Waals surface area contributed by atoms with Crippen LogP contribution in [-0.4, -0.2) is 41.3 Å². The van der Waals surface area contributed by atoms with E-state index in [1.807, 2.05) is 29.7 Å². The molecule has 0 aliphatic heterocycles. The average Bonchev–Trinajstić information content (AvgIpc) is 3.08. The fraction of sp³-hybridized carbons (Fsp3) is 0.500. The molecular formula is C20H29N7O. The highest BCUT2D eigenvalue weighted by molar-refractivity contribution is 5.84. The second-order valence-corrected chi connectivity index (χ2v) is 7.75. The van der Waals surface area contributed by atoms with Crippen molar-refractivity contribution in [1.82, 2.24) is 24.5 Å². The van der Waals surface area contributed by atoms with Gasteiger partial charge in [-0.1, -0.05) is 13.0 Å². The third kappa shape index (κ3) is 4.39. The zero-order chi connectivity index (χ0) is 20.3. The first-order valence-electron chi connectivity index (χ1n) is 9.66. The molecule has 0 saturated carbocycles. The fourth-order valence-electron chi connectivity index (χ4n) is 3.09. The Balaban J connectivity index is 1.98. The van der Waals surface area contributed by atoms with Crippen LogP contribution in [0, 0.1) is 0 Å². The molecule has 0 aliphatic rings. The number of imidazole rings is 1. The summed E-state index contributed by atoms with van der Waals surface area (Å²) in [5, 5.41) is 17.0. The van der Waals surface area contributed by atoms with E-state index in [0.29, 0.717) is 23.8 Å². The van der Waals surface area contributed by atoms with E-state index in [0.717, 1.165) is 17.8 Å². The van der Waals surface area contributed by atoms with E-state index in [-0.39, 0.29) is 12.1 Å². The van der Waals surface area contributed by atoms with Crippen molar-refractivity contribution in [1.29, 1.82) is 0 Å². The van der Waals surface area contributed by atoms with E-state index in [1.165, 1.54) is 0 Å². The highest BCUT2D eigenvalue weighted by atomic mass is 16.3. The summed E-state index contributed by atoms with van der Waals surface area (Å²) in [6, 6.07) is 5.84. The summed E-state index contributed by atoms with van der Waals surface area (Å²) in [5.41, 5.74) is 1.48. The Morgan fingerprint density at radius 3 is 2.57 bits per heavy atom. The van der Waals surface area contributed by atoms with Gasteiger partial charge in [-0.05, 0) is 46.2 Å². The Morgan fingerprint density at radius 1 is 1.18 bits per heavy atom. The van der Waals surface area contributed by atoms with Crippen LogP contribution in [0.4, 0.5) is 11.8 Å². The van der Waals surface area contributed by atoms with Crippen molar-refractivity contribution in [2.24, 2.45) is 0 Å². The molecule has 0 saturated heterocycles. The van der Waals surface area contributed by atoms with Gasteiger partial charge in [0.05, 0.1) is 30.2 Å². The molecule has 0 bridgehead atoms. The third-order valence-corrected chi connectivity index (χ3v) is 4.71. The van der Waals surface area contributed by atoms with E-state index in [1.54, 1.807) is 26.4 Å². The number of hydrogen-bond acceptors (Lipinski definition) is 7. The molecule has 150 valence electrons. The number of fused-ring (bicyclic) bond motifs is 1. The lowest BCUT2D eigenvalue weighted by molar-refractivity contribution is 0.0577. The minimum Gasteiger partial charge on any atom is -0.388 e. The number of nitrogens with one attached hydrogen (secondary N) is 2. The lowest BCUT2D eigenvalue weighted by atomic mass is 9.97. The second kappa shape index (κ2) is 8.10. The van der Waals surface area contributed by atoms with E-state index >= 15 is 0 Å². The monoisotopic (exact) mass is 383 g/mol. The fourth-order valence-corrected chi connectivity index (χ4v) is 3.09. The summed E-state index contributed by atoms with van der Waals surface area (Å²) in [5.74, 6) is 1.11. The molecule has 28 heavy (non-hydrogen) atoms. The van der Waals surface area contributed by atoms with Crippen molar-refractivity contribution in [3.63, 3.8) is 0 Å². The Kier molecular flexibility index (Phi) is 5.79. The van der Waals surface area contributed by atoms with Crippen LogP contribution < -0.4 is 10.6 Å². The SMILES string of the molecule is CC[C@@H](Nc1nc(NCc2ccccn2)c2ncn(C(C)C)c2n1)C(C)(C)O. The first kappa shape index (κ1) is 20.0. The zero-order valence-corrected chi connectivity index (χ0v) is 17.1. The van der Waals surface area contributed by atoms with Crippen molar-refractivity contribution in [2.45, 2.75) is 65.3 Å². The van der Waals surface area contributed by atoms with Crippen LogP contribution in [0.1, 0.15) is 52.8 Å². The molecule has 8 nitrogen and oxygen atoms in total. The van der Waals surface area contributed by atoms with Crippen molar-refractivity contribution < 1.29 is 5.11 Å². The average molecular weight is 384 g/mol. The van der Waals surface area contributed by atoms with Gasteiger partial charge in [-0.25, -0.2) is 4.98 Å². The molecule has 3 aromatic rings. The van der Waals surface area contributed by atoms with Crippen LogP contribution in [0.15, 0.2) is 30.7 Å². The maximum Gasteiger partial charge on any atom is 0.227 e. The molecule has 0 aliphatic carbocycles. The highest BCUT2D eigenvalue weighted by Crippen LogP contribution is 2.25. The van der Waals surface area contributed by atoms with E-state index in [2.05, 4.69) is 44.4 Å². The normalized spacial score (nSPS) is 13.1. The van der Waals surface area contributed by atoms with Crippen molar-refractivity contribution >= 4 is 22.9 Å². The Hall–Kier alpha value is -2.74. The van der Waals surface area contributed by atoms with Gasteiger partial charge in [-0.15, -0.1) is 0 Å². The van der Waals surface area contributed by atoms with Crippen LogP contribution in [0.3, 0.4) is 0 Å². The molecule has 1 atom stereocenters. The van der Waals surface area contributed by atoms with Crippen molar-refractivity contribution in [3.8, 4) is 0 Å². The van der Waals surface area contributed by atoms with Crippen LogP contribution in [0.25, 0.3) is 11.2 Å². The minimum atomic E-state index is -0.896. The summed E-state index contributed by atoms with van der Waals surface area (Å²) < 4.78 is 2.01. The van der Waals surface area contributed by atoms with Gasteiger partial charge in [0.15, 0.2) is 17.0 Å².